The highest BCUT2D eigenvalue weighted by Crippen LogP contribution is 2.20. The SMILES string of the molecule is CC(N)CCCN1CCC(N2CCCCC2)C1. The Hall–Kier alpha value is -0.120. The van der Waals surface area contributed by atoms with Crippen molar-refractivity contribution in [2.45, 2.75) is 57.5 Å². The van der Waals surface area contributed by atoms with Crippen LogP contribution in [0.2, 0.25) is 0 Å². The van der Waals surface area contributed by atoms with E-state index in [4.69, 9.17) is 5.73 Å². The van der Waals surface area contributed by atoms with Crippen molar-refractivity contribution in [2.24, 2.45) is 5.73 Å². The van der Waals surface area contributed by atoms with Crippen LogP contribution >= 0.6 is 0 Å². The van der Waals surface area contributed by atoms with E-state index in [0.717, 1.165) is 6.04 Å². The molecule has 3 nitrogen and oxygen atoms in total. The van der Waals surface area contributed by atoms with Crippen molar-refractivity contribution < 1.29 is 0 Å². The molecule has 0 aromatic heterocycles. The average molecular weight is 239 g/mol. The van der Waals surface area contributed by atoms with Crippen LogP contribution < -0.4 is 5.73 Å². The van der Waals surface area contributed by atoms with Crippen molar-refractivity contribution in [3.8, 4) is 0 Å². The van der Waals surface area contributed by atoms with Crippen molar-refractivity contribution in [2.75, 3.05) is 32.7 Å². The molecular formula is C14H29N3. The smallest absolute Gasteiger partial charge is 0.0235 e. The van der Waals surface area contributed by atoms with Crippen LogP contribution in [0.15, 0.2) is 0 Å². The quantitative estimate of drug-likeness (QED) is 0.792. The van der Waals surface area contributed by atoms with Gasteiger partial charge in [-0.2, -0.15) is 0 Å². The van der Waals surface area contributed by atoms with Gasteiger partial charge in [0.1, 0.15) is 0 Å². The van der Waals surface area contributed by atoms with Crippen LogP contribution in [0.3, 0.4) is 0 Å². The molecule has 0 amide bonds. The Kier molecular flexibility index (Phi) is 5.26. The van der Waals surface area contributed by atoms with Crippen molar-refractivity contribution in [3.63, 3.8) is 0 Å². The Morgan fingerprint density at radius 3 is 2.65 bits per heavy atom. The van der Waals surface area contributed by atoms with Gasteiger partial charge in [-0.3, -0.25) is 4.90 Å². The van der Waals surface area contributed by atoms with Crippen LogP contribution in [0, 0.1) is 0 Å². The first kappa shape index (κ1) is 13.3. The van der Waals surface area contributed by atoms with Crippen LogP contribution in [0.5, 0.6) is 0 Å². The molecule has 0 aliphatic carbocycles. The minimum atomic E-state index is 0.371. The summed E-state index contributed by atoms with van der Waals surface area (Å²) in [4.78, 5) is 5.37. The van der Waals surface area contributed by atoms with Gasteiger partial charge >= 0.3 is 0 Å². The first-order chi connectivity index (χ1) is 8.25. The van der Waals surface area contributed by atoms with Gasteiger partial charge in [-0.1, -0.05) is 6.42 Å². The first-order valence-electron chi connectivity index (χ1n) is 7.47. The summed E-state index contributed by atoms with van der Waals surface area (Å²) in [6.07, 6.45) is 8.11. The lowest BCUT2D eigenvalue weighted by Gasteiger charge is -2.32. The Bertz CT molecular complexity index is 212. The molecule has 0 radical (unpaired) electrons. The number of rotatable bonds is 5. The fourth-order valence-electron chi connectivity index (χ4n) is 3.23. The van der Waals surface area contributed by atoms with E-state index in [1.165, 1.54) is 71.2 Å². The lowest BCUT2D eigenvalue weighted by Crippen LogP contribution is -2.41. The van der Waals surface area contributed by atoms with E-state index in [1.807, 2.05) is 0 Å². The zero-order valence-corrected chi connectivity index (χ0v) is 11.4. The van der Waals surface area contributed by atoms with E-state index < -0.39 is 0 Å². The summed E-state index contributed by atoms with van der Waals surface area (Å²) in [5, 5.41) is 0. The lowest BCUT2D eigenvalue weighted by atomic mass is 10.1. The number of nitrogens with zero attached hydrogens (tertiary/aromatic N) is 2. The Morgan fingerprint density at radius 2 is 1.94 bits per heavy atom. The molecule has 0 aromatic carbocycles. The molecule has 2 rings (SSSR count). The first-order valence-corrected chi connectivity index (χ1v) is 7.47. The molecule has 0 aromatic rings. The summed E-state index contributed by atoms with van der Waals surface area (Å²) in [6.45, 7) is 8.67. The van der Waals surface area contributed by atoms with E-state index in [-0.39, 0.29) is 0 Å². The maximum absolute atomic E-state index is 5.79. The molecule has 3 heteroatoms. The minimum absolute atomic E-state index is 0.371. The molecule has 2 aliphatic rings. The maximum atomic E-state index is 5.79. The number of hydrogen-bond acceptors (Lipinski definition) is 3. The Morgan fingerprint density at radius 1 is 1.18 bits per heavy atom. The number of hydrogen-bond donors (Lipinski definition) is 1. The maximum Gasteiger partial charge on any atom is 0.0235 e. The summed E-state index contributed by atoms with van der Waals surface area (Å²) in [5.74, 6) is 0. The number of piperidine rings is 1. The summed E-state index contributed by atoms with van der Waals surface area (Å²) in [5.41, 5.74) is 5.79. The number of nitrogens with two attached hydrogens (primary N) is 1. The van der Waals surface area contributed by atoms with E-state index in [1.54, 1.807) is 0 Å². The number of likely N-dealkylation sites (tertiary alicyclic amines) is 2. The second-order valence-corrected chi connectivity index (χ2v) is 5.96. The van der Waals surface area contributed by atoms with E-state index in [0.29, 0.717) is 6.04 Å². The van der Waals surface area contributed by atoms with Crippen molar-refractivity contribution in [1.29, 1.82) is 0 Å². The zero-order chi connectivity index (χ0) is 12.1. The van der Waals surface area contributed by atoms with Gasteiger partial charge in [-0.25, -0.2) is 0 Å². The van der Waals surface area contributed by atoms with Gasteiger partial charge in [-0.15, -0.1) is 0 Å². The van der Waals surface area contributed by atoms with Gasteiger partial charge in [0.2, 0.25) is 0 Å². The molecule has 0 spiro atoms. The molecule has 2 N–H and O–H groups in total. The van der Waals surface area contributed by atoms with Gasteiger partial charge in [0.25, 0.3) is 0 Å². The molecule has 2 fully saturated rings. The van der Waals surface area contributed by atoms with Crippen LogP contribution in [-0.4, -0.2) is 54.6 Å². The normalized spacial score (nSPS) is 29.6. The lowest BCUT2D eigenvalue weighted by molar-refractivity contribution is 0.162. The molecule has 2 saturated heterocycles. The summed E-state index contributed by atoms with van der Waals surface area (Å²) >= 11 is 0. The fourth-order valence-corrected chi connectivity index (χ4v) is 3.23. The van der Waals surface area contributed by atoms with Gasteiger partial charge in [0, 0.05) is 18.6 Å². The van der Waals surface area contributed by atoms with Crippen LogP contribution in [0.25, 0.3) is 0 Å². The average Bonchev–Trinajstić information content (AvgIpc) is 2.78. The van der Waals surface area contributed by atoms with E-state index in [2.05, 4.69) is 16.7 Å². The van der Waals surface area contributed by atoms with Crippen molar-refractivity contribution in [3.05, 3.63) is 0 Å². The predicted octanol–water partition coefficient (Wildman–Crippen LogP) is 1.67. The van der Waals surface area contributed by atoms with Gasteiger partial charge in [-0.05, 0) is 65.2 Å². The third kappa shape index (κ3) is 4.23. The minimum Gasteiger partial charge on any atom is -0.328 e. The van der Waals surface area contributed by atoms with Crippen LogP contribution in [0.1, 0.15) is 45.4 Å². The van der Waals surface area contributed by atoms with E-state index >= 15 is 0 Å². The second-order valence-electron chi connectivity index (χ2n) is 5.96. The Labute approximate surface area is 106 Å². The largest absolute Gasteiger partial charge is 0.328 e. The fraction of sp³-hybridized carbons (Fsp3) is 1.00. The Balaban J connectivity index is 1.64. The summed E-state index contributed by atoms with van der Waals surface area (Å²) in [6, 6.07) is 1.22. The molecule has 17 heavy (non-hydrogen) atoms. The summed E-state index contributed by atoms with van der Waals surface area (Å²) in [7, 11) is 0. The topological polar surface area (TPSA) is 32.5 Å². The third-order valence-corrected chi connectivity index (χ3v) is 4.29. The monoisotopic (exact) mass is 239 g/mol. The highest BCUT2D eigenvalue weighted by Gasteiger charge is 2.27. The molecule has 100 valence electrons. The van der Waals surface area contributed by atoms with Crippen molar-refractivity contribution in [1.82, 2.24) is 9.80 Å². The molecule has 2 heterocycles. The predicted molar refractivity (Wildman–Crippen MR) is 73.2 cm³/mol. The zero-order valence-electron chi connectivity index (χ0n) is 11.4. The van der Waals surface area contributed by atoms with Gasteiger partial charge < -0.3 is 10.6 Å². The molecule has 0 bridgehead atoms. The molecule has 2 unspecified atom stereocenters. The summed E-state index contributed by atoms with van der Waals surface area (Å²) < 4.78 is 0. The molecule has 0 saturated carbocycles. The highest BCUT2D eigenvalue weighted by atomic mass is 15.3. The van der Waals surface area contributed by atoms with Crippen LogP contribution in [-0.2, 0) is 0 Å². The van der Waals surface area contributed by atoms with E-state index in [9.17, 15) is 0 Å². The molecule has 2 aliphatic heterocycles. The second kappa shape index (κ2) is 6.72. The van der Waals surface area contributed by atoms with Gasteiger partial charge in [0.05, 0.1) is 0 Å². The molecular weight excluding hydrogens is 210 g/mol. The van der Waals surface area contributed by atoms with Gasteiger partial charge in [0.15, 0.2) is 0 Å². The highest BCUT2D eigenvalue weighted by molar-refractivity contribution is 4.84. The van der Waals surface area contributed by atoms with Crippen molar-refractivity contribution >= 4 is 0 Å². The molecule has 2 atom stereocenters. The third-order valence-electron chi connectivity index (χ3n) is 4.29. The standard InChI is InChI=1S/C14H29N3/c1-13(15)6-5-8-16-11-7-14(12-16)17-9-3-2-4-10-17/h13-14H,2-12,15H2,1H3. The van der Waals surface area contributed by atoms with Crippen LogP contribution in [0.4, 0.5) is 0 Å².